The van der Waals surface area contributed by atoms with Crippen LogP contribution in [0.15, 0.2) is 60.8 Å². The van der Waals surface area contributed by atoms with Crippen LogP contribution in [0, 0.1) is 0 Å². The fraction of sp³-hybridized carbons (Fsp3) is 0.815. The van der Waals surface area contributed by atoms with Gasteiger partial charge in [-0.15, -0.1) is 0 Å². The molecule has 0 fully saturated rings. The topological polar surface area (TPSA) is 95.9 Å². The lowest BCUT2D eigenvalue weighted by Crippen LogP contribution is -2.46. The first-order valence-electron chi connectivity index (χ1n) is 31.1. The van der Waals surface area contributed by atoms with Crippen molar-refractivity contribution in [3.63, 3.8) is 0 Å². The predicted octanol–water partition coefficient (Wildman–Crippen LogP) is 19.5. The van der Waals surface area contributed by atoms with Crippen LogP contribution in [0.2, 0.25) is 0 Å². The quantitative estimate of drug-likeness (QED) is 0.0244. The number of amides is 1. The van der Waals surface area contributed by atoms with Gasteiger partial charge in [0.1, 0.15) is 6.10 Å². The maximum absolute atomic E-state index is 13.3. The van der Waals surface area contributed by atoms with E-state index in [4.69, 9.17) is 4.74 Å². The molecule has 6 heteroatoms. The van der Waals surface area contributed by atoms with Crippen molar-refractivity contribution < 1.29 is 24.5 Å². The van der Waals surface area contributed by atoms with Gasteiger partial charge in [0.2, 0.25) is 5.91 Å². The lowest BCUT2D eigenvalue weighted by atomic mass is 10.0. The molecule has 0 aliphatic carbocycles. The molecule has 0 spiro atoms. The molecular weight excluding hydrogens is 875 g/mol. The fourth-order valence-corrected chi connectivity index (χ4v) is 9.44. The Balaban J connectivity index is 4.58. The minimum atomic E-state index is -0.802. The summed E-state index contributed by atoms with van der Waals surface area (Å²) in [6, 6.07) is -0.718. The highest BCUT2D eigenvalue weighted by Gasteiger charge is 2.24. The number of carbonyl (C=O) groups excluding carboxylic acids is 2. The van der Waals surface area contributed by atoms with E-state index < -0.39 is 18.2 Å². The highest BCUT2D eigenvalue weighted by atomic mass is 16.5. The van der Waals surface area contributed by atoms with E-state index in [9.17, 15) is 19.8 Å². The van der Waals surface area contributed by atoms with Crippen molar-refractivity contribution in [2.45, 2.75) is 334 Å². The molecule has 1 amide bonds. The first kappa shape index (κ1) is 68.6. The van der Waals surface area contributed by atoms with Gasteiger partial charge in [0, 0.05) is 6.42 Å². The number of allylic oxidation sites excluding steroid dienone is 10. The Bertz CT molecular complexity index is 1250. The highest BCUT2D eigenvalue weighted by Crippen LogP contribution is 2.18. The summed E-state index contributed by atoms with van der Waals surface area (Å²) >= 11 is 0. The van der Waals surface area contributed by atoms with Crippen molar-refractivity contribution in [1.82, 2.24) is 5.32 Å². The summed E-state index contributed by atoms with van der Waals surface area (Å²) in [4.78, 5) is 26.4. The molecule has 3 N–H and O–H groups in total. The summed E-state index contributed by atoms with van der Waals surface area (Å²) in [5.41, 5.74) is 0. The Labute approximate surface area is 441 Å². The third kappa shape index (κ3) is 53.7. The number of aliphatic hydroxyl groups excluding tert-OH is 2. The Morgan fingerprint density at radius 3 is 1.17 bits per heavy atom. The maximum atomic E-state index is 13.3. The van der Waals surface area contributed by atoms with Gasteiger partial charge >= 0.3 is 5.97 Å². The number of esters is 1. The van der Waals surface area contributed by atoms with Crippen molar-refractivity contribution in [2.24, 2.45) is 0 Å². The minimum Gasteiger partial charge on any atom is -0.462 e. The average molecular weight is 995 g/mol. The zero-order valence-electron chi connectivity index (χ0n) is 47.4. The van der Waals surface area contributed by atoms with Gasteiger partial charge in [0.05, 0.1) is 25.2 Å². The molecule has 0 aromatic heterocycles. The van der Waals surface area contributed by atoms with Gasteiger partial charge in [-0.25, -0.2) is 0 Å². The van der Waals surface area contributed by atoms with Crippen LogP contribution in [-0.4, -0.2) is 46.9 Å². The summed E-state index contributed by atoms with van der Waals surface area (Å²) in [5, 5.41) is 23.9. The molecule has 0 aliphatic rings. The number of aliphatic hydroxyl groups is 2. The van der Waals surface area contributed by atoms with Crippen LogP contribution in [0.25, 0.3) is 0 Å². The van der Waals surface area contributed by atoms with Crippen LogP contribution in [0.5, 0.6) is 0 Å². The number of unbranched alkanes of at least 4 members (excludes halogenated alkanes) is 37. The molecule has 0 saturated heterocycles. The van der Waals surface area contributed by atoms with Crippen molar-refractivity contribution >= 4 is 11.9 Å². The van der Waals surface area contributed by atoms with E-state index in [0.29, 0.717) is 19.3 Å². The van der Waals surface area contributed by atoms with Gasteiger partial charge in [-0.3, -0.25) is 9.59 Å². The number of ether oxygens (including phenoxy) is 1. The zero-order chi connectivity index (χ0) is 51.6. The van der Waals surface area contributed by atoms with Crippen LogP contribution >= 0.6 is 0 Å². The van der Waals surface area contributed by atoms with Gasteiger partial charge in [-0.1, -0.05) is 287 Å². The van der Waals surface area contributed by atoms with E-state index in [0.717, 1.165) is 70.6 Å². The van der Waals surface area contributed by atoms with Gasteiger partial charge in [0.25, 0.3) is 0 Å². The van der Waals surface area contributed by atoms with Crippen LogP contribution in [0.3, 0.4) is 0 Å². The molecule has 3 unspecified atom stereocenters. The highest BCUT2D eigenvalue weighted by molar-refractivity contribution is 5.77. The zero-order valence-corrected chi connectivity index (χ0v) is 47.4. The van der Waals surface area contributed by atoms with E-state index in [1.807, 2.05) is 0 Å². The third-order valence-corrected chi connectivity index (χ3v) is 14.2. The molecule has 0 radical (unpaired) electrons. The molecule has 0 aromatic rings. The van der Waals surface area contributed by atoms with Gasteiger partial charge in [0.15, 0.2) is 0 Å². The van der Waals surface area contributed by atoms with Crippen molar-refractivity contribution in [1.29, 1.82) is 0 Å². The first-order chi connectivity index (χ1) is 35.0. The van der Waals surface area contributed by atoms with E-state index in [1.54, 1.807) is 0 Å². The number of rotatable bonds is 56. The number of nitrogens with one attached hydrogen (secondary N) is 1. The van der Waals surface area contributed by atoms with E-state index in [1.165, 1.54) is 199 Å². The Kier molecular flexibility index (Phi) is 56.4. The minimum absolute atomic E-state index is 0.0513. The van der Waals surface area contributed by atoms with Crippen LogP contribution in [-0.2, 0) is 14.3 Å². The average Bonchev–Trinajstić information content (AvgIpc) is 3.36. The first-order valence-corrected chi connectivity index (χ1v) is 31.1. The molecule has 0 heterocycles. The normalized spacial score (nSPS) is 13.5. The molecule has 0 saturated carbocycles. The number of carbonyl (C=O) groups is 2. The Morgan fingerprint density at radius 1 is 0.408 bits per heavy atom. The third-order valence-electron chi connectivity index (χ3n) is 14.2. The number of hydrogen-bond acceptors (Lipinski definition) is 5. The van der Waals surface area contributed by atoms with Crippen molar-refractivity contribution in [3.05, 3.63) is 60.8 Å². The summed E-state index contributed by atoms with van der Waals surface area (Å²) < 4.78 is 5.96. The summed E-state index contributed by atoms with van der Waals surface area (Å²) in [5.74, 6) is -0.504. The summed E-state index contributed by atoms with van der Waals surface area (Å²) in [7, 11) is 0. The predicted molar refractivity (Wildman–Crippen MR) is 310 cm³/mol. The van der Waals surface area contributed by atoms with Crippen molar-refractivity contribution in [3.8, 4) is 0 Å². The second kappa shape index (κ2) is 58.4. The Hall–Kier alpha value is -2.44. The lowest BCUT2D eigenvalue weighted by Gasteiger charge is -2.24. The monoisotopic (exact) mass is 994 g/mol. The molecule has 0 bridgehead atoms. The summed E-state index contributed by atoms with van der Waals surface area (Å²) in [6.07, 6.45) is 74.3. The molecular formula is C65H119NO5. The number of hydrogen-bond donors (Lipinski definition) is 3. The maximum Gasteiger partial charge on any atom is 0.306 e. The van der Waals surface area contributed by atoms with Crippen LogP contribution in [0.1, 0.15) is 316 Å². The Morgan fingerprint density at radius 2 is 0.732 bits per heavy atom. The fourth-order valence-electron chi connectivity index (χ4n) is 9.44. The molecule has 414 valence electrons. The molecule has 71 heavy (non-hydrogen) atoms. The van der Waals surface area contributed by atoms with Crippen LogP contribution < -0.4 is 5.32 Å². The SMILES string of the molecule is CCCCC/C=C/C=C/C=C/C=C/CCCCCC(CC(=O)NC(CO)C(O)CCCCCCCCCCCCCCCCCCC)OC(=O)CCCCCCCCCCC/C=C/CCCCCCCC. The second-order valence-electron chi connectivity index (χ2n) is 21.2. The van der Waals surface area contributed by atoms with E-state index in [2.05, 4.69) is 86.8 Å². The molecule has 0 aromatic carbocycles. The second-order valence-corrected chi connectivity index (χ2v) is 21.2. The van der Waals surface area contributed by atoms with Gasteiger partial charge in [-0.2, -0.15) is 0 Å². The molecule has 6 nitrogen and oxygen atoms in total. The lowest BCUT2D eigenvalue weighted by molar-refractivity contribution is -0.151. The van der Waals surface area contributed by atoms with E-state index >= 15 is 0 Å². The smallest absolute Gasteiger partial charge is 0.306 e. The largest absolute Gasteiger partial charge is 0.462 e. The van der Waals surface area contributed by atoms with Gasteiger partial charge in [-0.05, 0) is 77.0 Å². The molecule has 3 atom stereocenters. The van der Waals surface area contributed by atoms with Crippen LogP contribution in [0.4, 0.5) is 0 Å². The molecule has 0 rings (SSSR count). The summed E-state index contributed by atoms with van der Waals surface area (Å²) in [6.45, 7) is 6.47. The van der Waals surface area contributed by atoms with Crippen molar-refractivity contribution in [2.75, 3.05) is 6.61 Å². The standard InChI is InChI=1S/C65H119NO5/c1-4-7-10-13-16-19-22-25-28-31-32-34-37-40-43-46-49-52-55-58-65(70)71-61(56-53-50-47-44-41-38-35-30-27-24-21-18-15-12-9-6-3)59-64(69)66-62(60-67)63(68)57-54-51-48-45-42-39-36-33-29-26-23-20-17-14-11-8-5-2/h18,21,24-25,27-28,30,35,38,41,61-63,67-68H,4-17,19-20,22-23,26,29,31-34,36-37,39-40,42-60H2,1-3H3,(H,66,69)/b21-18+,27-24+,28-25+,35-30+,41-38+. The van der Waals surface area contributed by atoms with E-state index in [-0.39, 0.29) is 24.9 Å². The molecule has 0 aliphatic heterocycles. The van der Waals surface area contributed by atoms with Gasteiger partial charge < -0.3 is 20.3 Å².